The van der Waals surface area contributed by atoms with Crippen LogP contribution in [0.4, 0.5) is 0 Å². The number of hydrogen-bond acceptors (Lipinski definition) is 3. The van der Waals surface area contributed by atoms with Gasteiger partial charge in [-0.3, -0.25) is 9.59 Å². The van der Waals surface area contributed by atoms with Crippen molar-refractivity contribution in [1.29, 1.82) is 0 Å². The Kier molecular flexibility index (Phi) is 15.8. The van der Waals surface area contributed by atoms with Crippen LogP contribution >= 0.6 is 11.6 Å². The summed E-state index contributed by atoms with van der Waals surface area (Å²) < 4.78 is 5.53. The van der Waals surface area contributed by atoms with E-state index in [2.05, 4.69) is 19.1 Å². The van der Waals surface area contributed by atoms with Crippen LogP contribution in [0, 0.1) is 0 Å². The van der Waals surface area contributed by atoms with Crippen LogP contribution in [-0.2, 0) is 14.3 Å². The van der Waals surface area contributed by atoms with Crippen LogP contribution in [0.1, 0.15) is 78.1 Å². The monoisotopic (exact) mass is 387 g/mol. The van der Waals surface area contributed by atoms with Crippen LogP contribution in [0.15, 0.2) is 12.2 Å². The number of alkyl halides is 1. The minimum atomic E-state index is -0.309. The van der Waals surface area contributed by atoms with Crippen molar-refractivity contribution in [3.63, 3.8) is 0 Å². The molecule has 0 heterocycles. The highest BCUT2D eigenvalue weighted by Gasteiger charge is 2.14. The number of nitrogens with zero attached hydrogens (tertiary/aromatic N) is 1. The molecule has 0 radical (unpaired) electrons. The fraction of sp³-hybridized carbons (Fsp3) is 0.810. The number of ketones is 1. The first-order chi connectivity index (χ1) is 12.4. The highest BCUT2D eigenvalue weighted by Crippen LogP contribution is 2.12. The molecule has 0 aromatic carbocycles. The Balaban J connectivity index is 3.91. The maximum absolute atomic E-state index is 12.1. The van der Waals surface area contributed by atoms with Crippen molar-refractivity contribution in [3.05, 3.63) is 12.2 Å². The van der Waals surface area contributed by atoms with Crippen LogP contribution in [0.5, 0.6) is 0 Å². The minimum absolute atomic E-state index is 0.0480. The molecule has 0 rings (SSSR count). The van der Waals surface area contributed by atoms with Crippen LogP contribution < -0.4 is 0 Å². The molecule has 1 amide bonds. The molecule has 0 saturated heterocycles. The van der Waals surface area contributed by atoms with Gasteiger partial charge in [0.2, 0.25) is 5.91 Å². The zero-order valence-electron chi connectivity index (χ0n) is 17.1. The normalized spacial score (nSPS) is 13.7. The third-order valence-electron chi connectivity index (χ3n) is 4.46. The molecular weight excluding hydrogens is 350 g/mol. The van der Waals surface area contributed by atoms with E-state index in [1.807, 2.05) is 0 Å². The first-order valence-electron chi connectivity index (χ1n) is 9.95. The smallest absolute Gasteiger partial charge is 0.222 e. The molecule has 0 aliphatic rings. The third-order valence-corrected chi connectivity index (χ3v) is 4.75. The largest absolute Gasteiger partial charge is 0.381 e. The number of hydrogen-bond donors (Lipinski definition) is 0. The van der Waals surface area contributed by atoms with Gasteiger partial charge < -0.3 is 9.64 Å². The Morgan fingerprint density at radius 1 is 1.15 bits per heavy atom. The van der Waals surface area contributed by atoms with Gasteiger partial charge in [-0.15, -0.1) is 11.6 Å². The average Bonchev–Trinajstić information content (AvgIpc) is 2.58. The molecule has 4 nitrogen and oxygen atoms in total. The summed E-state index contributed by atoms with van der Waals surface area (Å²) in [5.74, 6) is 0.106. The van der Waals surface area contributed by atoms with Gasteiger partial charge in [0.15, 0.2) is 0 Å². The SMILES string of the molecule is CCCCCCCC(CC=CCCC(=O)N(C)CC(Cl)CC(C)=O)OC. The summed E-state index contributed by atoms with van der Waals surface area (Å²) in [5, 5.41) is -0.309. The summed E-state index contributed by atoms with van der Waals surface area (Å²) in [6.45, 7) is 4.15. The predicted molar refractivity (Wildman–Crippen MR) is 110 cm³/mol. The summed E-state index contributed by atoms with van der Waals surface area (Å²) in [4.78, 5) is 24.7. The van der Waals surface area contributed by atoms with Gasteiger partial charge in [0.25, 0.3) is 0 Å². The lowest BCUT2D eigenvalue weighted by Crippen LogP contribution is -2.32. The molecule has 0 spiro atoms. The lowest BCUT2D eigenvalue weighted by molar-refractivity contribution is -0.130. The molecule has 152 valence electrons. The maximum Gasteiger partial charge on any atom is 0.222 e. The summed E-state index contributed by atoms with van der Waals surface area (Å²) in [5.41, 5.74) is 0. The molecule has 0 aliphatic heterocycles. The van der Waals surface area contributed by atoms with Crippen LogP contribution in [0.3, 0.4) is 0 Å². The van der Waals surface area contributed by atoms with Crippen molar-refractivity contribution in [1.82, 2.24) is 4.90 Å². The second kappa shape index (κ2) is 16.3. The standard InChI is InChI=1S/C21H38ClNO3/c1-5-6-7-8-10-13-20(26-4)14-11-9-12-15-21(25)23(3)17-19(22)16-18(2)24/h9,11,19-20H,5-8,10,12-17H2,1-4H3. The van der Waals surface area contributed by atoms with Crippen molar-refractivity contribution >= 4 is 23.3 Å². The number of carbonyl (C=O) groups excluding carboxylic acids is 2. The van der Waals surface area contributed by atoms with E-state index in [0.29, 0.717) is 19.4 Å². The van der Waals surface area contributed by atoms with Gasteiger partial charge in [-0.1, -0.05) is 51.2 Å². The molecule has 0 N–H and O–H groups in total. The second-order valence-corrected chi connectivity index (χ2v) is 7.70. The zero-order valence-corrected chi connectivity index (χ0v) is 17.9. The molecule has 5 heteroatoms. The van der Waals surface area contributed by atoms with Crippen LogP contribution in [-0.4, -0.2) is 48.8 Å². The van der Waals surface area contributed by atoms with Crippen molar-refractivity contribution in [2.24, 2.45) is 0 Å². The van der Waals surface area contributed by atoms with Crippen molar-refractivity contribution in [3.8, 4) is 0 Å². The quantitative estimate of drug-likeness (QED) is 0.209. The number of amides is 1. The topological polar surface area (TPSA) is 46.6 Å². The first-order valence-corrected chi connectivity index (χ1v) is 10.4. The van der Waals surface area contributed by atoms with E-state index >= 15 is 0 Å². The zero-order chi connectivity index (χ0) is 19.8. The Morgan fingerprint density at radius 3 is 2.46 bits per heavy atom. The van der Waals surface area contributed by atoms with Gasteiger partial charge in [0.1, 0.15) is 5.78 Å². The summed E-state index contributed by atoms with van der Waals surface area (Å²) >= 11 is 6.08. The molecule has 0 fully saturated rings. The molecule has 2 atom stereocenters. The fourth-order valence-electron chi connectivity index (χ4n) is 2.85. The molecule has 0 aromatic rings. The van der Waals surface area contributed by atoms with E-state index in [0.717, 1.165) is 19.3 Å². The number of carbonyl (C=O) groups is 2. The van der Waals surface area contributed by atoms with Crippen LogP contribution in [0.2, 0.25) is 0 Å². The van der Waals surface area contributed by atoms with Gasteiger partial charge in [-0.2, -0.15) is 0 Å². The number of unbranched alkanes of at least 4 members (excludes halogenated alkanes) is 4. The molecule has 2 unspecified atom stereocenters. The summed E-state index contributed by atoms with van der Waals surface area (Å²) in [6, 6.07) is 0. The van der Waals surface area contributed by atoms with Gasteiger partial charge in [0, 0.05) is 33.5 Å². The first kappa shape index (κ1) is 25.1. The number of ether oxygens (including phenoxy) is 1. The Labute approximate surface area is 165 Å². The fourth-order valence-corrected chi connectivity index (χ4v) is 3.27. The van der Waals surface area contributed by atoms with Crippen molar-refractivity contribution < 1.29 is 14.3 Å². The van der Waals surface area contributed by atoms with Gasteiger partial charge in [-0.25, -0.2) is 0 Å². The van der Waals surface area contributed by atoms with E-state index in [4.69, 9.17) is 16.3 Å². The molecule has 0 saturated carbocycles. The summed E-state index contributed by atoms with van der Waals surface area (Å²) in [6.07, 6.45) is 14.3. The molecule has 26 heavy (non-hydrogen) atoms. The lowest BCUT2D eigenvalue weighted by Gasteiger charge is -2.19. The highest BCUT2D eigenvalue weighted by molar-refractivity contribution is 6.22. The van der Waals surface area contributed by atoms with Gasteiger partial charge >= 0.3 is 0 Å². The highest BCUT2D eigenvalue weighted by atomic mass is 35.5. The number of rotatable bonds is 16. The van der Waals surface area contributed by atoms with E-state index in [-0.39, 0.29) is 23.2 Å². The maximum atomic E-state index is 12.1. The average molecular weight is 388 g/mol. The lowest BCUT2D eigenvalue weighted by atomic mass is 10.1. The van der Waals surface area contributed by atoms with Crippen molar-refractivity contribution in [2.75, 3.05) is 20.7 Å². The number of halogens is 1. The molecule has 0 bridgehead atoms. The summed E-state index contributed by atoms with van der Waals surface area (Å²) in [7, 11) is 3.51. The van der Waals surface area contributed by atoms with E-state index in [1.54, 1.807) is 19.1 Å². The second-order valence-electron chi connectivity index (χ2n) is 7.08. The number of Topliss-reactive ketones (excluding diaryl/α,β-unsaturated/α-hetero) is 1. The number of methoxy groups -OCH3 is 1. The Morgan fingerprint density at radius 2 is 1.85 bits per heavy atom. The van der Waals surface area contributed by atoms with Gasteiger partial charge in [-0.05, 0) is 26.2 Å². The van der Waals surface area contributed by atoms with E-state index in [9.17, 15) is 9.59 Å². The Hall–Kier alpha value is -0.870. The molecule has 0 aliphatic carbocycles. The molecular formula is C21H38ClNO3. The minimum Gasteiger partial charge on any atom is -0.381 e. The molecule has 0 aromatic heterocycles. The third kappa shape index (κ3) is 14.3. The number of allylic oxidation sites excluding steroid dienone is 1. The van der Waals surface area contributed by atoms with Gasteiger partial charge in [0.05, 0.1) is 11.5 Å². The Bertz CT molecular complexity index is 412. The van der Waals surface area contributed by atoms with Crippen LogP contribution in [0.25, 0.3) is 0 Å². The van der Waals surface area contributed by atoms with E-state index < -0.39 is 0 Å². The predicted octanol–water partition coefficient (Wildman–Crippen LogP) is 5.13. The van der Waals surface area contributed by atoms with E-state index in [1.165, 1.54) is 39.0 Å². The van der Waals surface area contributed by atoms with Crippen molar-refractivity contribution in [2.45, 2.75) is 89.5 Å².